The Morgan fingerprint density at radius 2 is 1.42 bits per heavy atom. The molecule has 0 N–H and O–H groups in total. The van der Waals surface area contributed by atoms with Crippen LogP contribution in [0.3, 0.4) is 0 Å². The minimum absolute atomic E-state index is 0.231. The molecule has 2 aliphatic heterocycles. The molecule has 5 atom stereocenters. The maximum Gasteiger partial charge on any atom is 0.303 e. The first-order chi connectivity index (χ1) is 14.5. The minimum atomic E-state index is -1.14. The number of rotatable bonds is 10. The molecule has 0 amide bonds. The van der Waals surface area contributed by atoms with Crippen LogP contribution in [0.5, 0.6) is 0 Å². The standard InChI is InChI=1S/C19H28N2O9S/c1-10(22)26-9-14-15(27-11(2)23)16(28-12(3)24)17(29-13(4)25)18(30-14)31-8-6-7-19(5)20-21-19/h14-18H,6-9H2,1-5H3/t14-,15+,16+,17-,18+/m1/s1. The van der Waals surface area contributed by atoms with Gasteiger partial charge in [-0.3, -0.25) is 19.2 Å². The zero-order chi connectivity index (χ0) is 23.2. The van der Waals surface area contributed by atoms with Crippen LogP contribution in [0.15, 0.2) is 10.2 Å². The molecule has 2 rings (SSSR count). The third kappa shape index (κ3) is 8.09. The summed E-state index contributed by atoms with van der Waals surface area (Å²) in [6.07, 6.45) is -2.71. The number of thioether (sulfide) groups is 1. The summed E-state index contributed by atoms with van der Waals surface area (Å²) >= 11 is 1.35. The smallest absolute Gasteiger partial charge is 0.303 e. The van der Waals surface area contributed by atoms with Crippen molar-refractivity contribution in [3.63, 3.8) is 0 Å². The van der Waals surface area contributed by atoms with Gasteiger partial charge in [0.15, 0.2) is 24.0 Å². The zero-order valence-corrected chi connectivity index (χ0v) is 19.0. The molecule has 0 aromatic carbocycles. The van der Waals surface area contributed by atoms with Crippen LogP contribution in [0.2, 0.25) is 0 Å². The van der Waals surface area contributed by atoms with Crippen molar-refractivity contribution in [2.24, 2.45) is 10.2 Å². The van der Waals surface area contributed by atoms with Crippen LogP contribution in [0.25, 0.3) is 0 Å². The SMILES string of the molecule is CC(=O)OC[C@H]1O[C@@H](SCCCC2(C)N=N2)[C@H](OC(C)=O)[C@@H](OC(C)=O)[C@H]1OC(C)=O. The van der Waals surface area contributed by atoms with Gasteiger partial charge in [-0.05, 0) is 25.5 Å². The lowest BCUT2D eigenvalue weighted by Crippen LogP contribution is -2.61. The number of carbonyl (C=O) groups excluding carboxylic acids is 4. The molecule has 31 heavy (non-hydrogen) atoms. The Bertz CT molecular complexity index is 723. The number of hydrogen-bond acceptors (Lipinski definition) is 12. The van der Waals surface area contributed by atoms with E-state index in [1.807, 2.05) is 6.92 Å². The Balaban J connectivity index is 2.22. The van der Waals surface area contributed by atoms with Gasteiger partial charge in [-0.15, -0.1) is 11.8 Å². The molecule has 0 spiro atoms. The molecule has 1 fully saturated rings. The lowest BCUT2D eigenvalue weighted by Gasteiger charge is -2.44. The van der Waals surface area contributed by atoms with Crippen molar-refractivity contribution in [3.05, 3.63) is 0 Å². The molecule has 0 radical (unpaired) electrons. The van der Waals surface area contributed by atoms with Crippen molar-refractivity contribution in [1.29, 1.82) is 0 Å². The van der Waals surface area contributed by atoms with E-state index in [1.54, 1.807) is 0 Å². The third-order valence-corrected chi connectivity index (χ3v) is 5.70. The van der Waals surface area contributed by atoms with Crippen molar-refractivity contribution in [1.82, 2.24) is 0 Å². The molecule has 0 bridgehead atoms. The van der Waals surface area contributed by atoms with Gasteiger partial charge in [-0.1, -0.05) is 0 Å². The van der Waals surface area contributed by atoms with E-state index in [0.717, 1.165) is 12.8 Å². The first kappa shape index (κ1) is 25.1. The lowest BCUT2D eigenvalue weighted by atomic mass is 9.99. The van der Waals surface area contributed by atoms with Crippen molar-refractivity contribution >= 4 is 35.6 Å². The van der Waals surface area contributed by atoms with Gasteiger partial charge in [-0.25, -0.2) is 0 Å². The highest BCUT2D eigenvalue weighted by Gasteiger charge is 2.52. The second-order valence-electron chi connectivity index (χ2n) is 7.46. The molecule has 2 aliphatic rings. The van der Waals surface area contributed by atoms with Gasteiger partial charge in [0.05, 0.1) is 0 Å². The molecule has 0 aromatic rings. The van der Waals surface area contributed by atoms with E-state index in [4.69, 9.17) is 23.7 Å². The fourth-order valence-corrected chi connectivity index (χ4v) is 4.28. The summed E-state index contributed by atoms with van der Waals surface area (Å²) in [5, 5.41) is 7.94. The largest absolute Gasteiger partial charge is 0.463 e. The van der Waals surface area contributed by atoms with Gasteiger partial charge in [0.1, 0.15) is 18.1 Å². The Labute approximate surface area is 184 Å². The average Bonchev–Trinajstić information content (AvgIpc) is 3.38. The minimum Gasteiger partial charge on any atom is -0.463 e. The molecule has 11 nitrogen and oxygen atoms in total. The van der Waals surface area contributed by atoms with Crippen LogP contribution < -0.4 is 0 Å². The number of hydrogen-bond donors (Lipinski definition) is 0. The lowest BCUT2D eigenvalue weighted by molar-refractivity contribution is -0.237. The van der Waals surface area contributed by atoms with E-state index in [0.29, 0.717) is 5.75 Å². The molecule has 174 valence electrons. The number of ether oxygens (including phenoxy) is 5. The second kappa shape index (κ2) is 10.9. The maximum absolute atomic E-state index is 11.8. The predicted molar refractivity (Wildman–Crippen MR) is 107 cm³/mol. The van der Waals surface area contributed by atoms with Gasteiger partial charge < -0.3 is 23.7 Å². The van der Waals surface area contributed by atoms with Gasteiger partial charge in [0.2, 0.25) is 0 Å². The highest BCUT2D eigenvalue weighted by Crippen LogP contribution is 2.36. The van der Waals surface area contributed by atoms with Crippen molar-refractivity contribution < 1.29 is 42.9 Å². The van der Waals surface area contributed by atoms with E-state index in [2.05, 4.69) is 10.2 Å². The zero-order valence-electron chi connectivity index (χ0n) is 18.2. The molecule has 0 aromatic heterocycles. The Kier molecular flexibility index (Phi) is 8.80. The van der Waals surface area contributed by atoms with Crippen LogP contribution in [-0.2, 0) is 42.9 Å². The monoisotopic (exact) mass is 460 g/mol. The van der Waals surface area contributed by atoms with E-state index in [-0.39, 0.29) is 12.3 Å². The molecule has 0 saturated carbocycles. The molecule has 1 saturated heterocycles. The third-order valence-electron chi connectivity index (χ3n) is 4.47. The normalized spacial score (nSPS) is 28.4. The van der Waals surface area contributed by atoms with Gasteiger partial charge in [0.25, 0.3) is 0 Å². The van der Waals surface area contributed by atoms with Crippen LogP contribution in [-0.4, -0.2) is 71.8 Å². The molecule has 2 heterocycles. The summed E-state index contributed by atoms with van der Waals surface area (Å²) in [6.45, 7) is 6.52. The average molecular weight is 461 g/mol. The quantitative estimate of drug-likeness (QED) is 0.269. The fourth-order valence-electron chi connectivity index (χ4n) is 3.11. The Morgan fingerprint density at radius 1 is 0.871 bits per heavy atom. The molecule has 0 unspecified atom stereocenters. The molecular weight excluding hydrogens is 432 g/mol. The summed E-state index contributed by atoms with van der Waals surface area (Å²) in [5.41, 5.74) is -1.08. The van der Waals surface area contributed by atoms with Crippen molar-refractivity contribution in [2.45, 2.75) is 83.0 Å². The Morgan fingerprint density at radius 3 is 1.94 bits per heavy atom. The topological polar surface area (TPSA) is 139 Å². The van der Waals surface area contributed by atoms with E-state index in [9.17, 15) is 19.2 Å². The van der Waals surface area contributed by atoms with Crippen molar-refractivity contribution in [3.8, 4) is 0 Å². The summed E-state index contributed by atoms with van der Waals surface area (Å²) in [7, 11) is 0. The summed E-state index contributed by atoms with van der Waals surface area (Å²) in [4.78, 5) is 46.5. The van der Waals surface area contributed by atoms with Crippen LogP contribution in [0, 0.1) is 0 Å². The predicted octanol–water partition coefficient (Wildman–Crippen LogP) is 1.76. The second-order valence-corrected chi connectivity index (χ2v) is 8.67. The van der Waals surface area contributed by atoms with Crippen molar-refractivity contribution in [2.75, 3.05) is 12.4 Å². The summed E-state index contributed by atoms with van der Waals surface area (Å²) in [5.74, 6) is -1.85. The first-order valence-corrected chi connectivity index (χ1v) is 10.9. The number of carbonyl (C=O) groups is 4. The number of nitrogens with zero attached hydrogens (tertiary/aromatic N) is 2. The van der Waals surface area contributed by atoms with Crippen LogP contribution >= 0.6 is 11.8 Å². The molecule has 12 heteroatoms. The maximum atomic E-state index is 11.8. The van der Waals surface area contributed by atoms with Gasteiger partial charge in [0, 0.05) is 27.7 Å². The van der Waals surface area contributed by atoms with Gasteiger partial charge >= 0.3 is 23.9 Å². The number of esters is 4. The van der Waals surface area contributed by atoms with E-state index >= 15 is 0 Å². The fraction of sp³-hybridized carbons (Fsp3) is 0.789. The molecular formula is C19H28N2O9S. The highest BCUT2D eigenvalue weighted by atomic mass is 32.2. The molecule has 0 aliphatic carbocycles. The summed E-state index contributed by atoms with van der Waals surface area (Å²) < 4.78 is 27.2. The van der Waals surface area contributed by atoms with E-state index in [1.165, 1.54) is 39.5 Å². The van der Waals surface area contributed by atoms with Crippen LogP contribution in [0.4, 0.5) is 0 Å². The van der Waals surface area contributed by atoms with Gasteiger partial charge in [-0.2, -0.15) is 10.2 Å². The van der Waals surface area contributed by atoms with E-state index < -0.39 is 53.7 Å². The van der Waals surface area contributed by atoms with Crippen LogP contribution in [0.1, 0.15) is 47.5 Å². The highest BCUT2D eigenvalue weighted by molar-refractivity contribution is 7.99. The first-order valence-electron chi connectivity index (χ1n) is 9.87. The Hall–Kier alpha value is -2.21. The summed E-state index contributed by atoms with van der Waals surface area (Å²) in [6, 6.07) is 0.